The molecule has 9 heteroatoms. The first-order valence-electron chi connectivity index (χ1n) is 20.4. The van der Waals surface area contributed by atoms with Crippen LogP contribution in [0.5, 0.6) is 0 Å². The summed E-state index contributed by atoms with van der Waals surface area (Å²) in [7, 11) is -7.53. The molecule has 0 saturated heterocycles. The summed E-state index contributed by atoms with van der Waals surface area (Å²) in [6.07, 6.45) is 38.5. The lowest BCUT2D eigenvalue weighted by Crippen LogP contribution is -2.00. The minimum absolute atomic E-state index is 0.152. The second-order valence-corrected chi connectivity index (χ2v) is 17.4. The Labute approximate surface area is 292 Å². The topological polar surface area (TPSA) is 102 Å². The zero-order chi connectivity index (χ0) is 34.6. The van der Waals surface area contributed by atoms with E-state index in [1.165, 1.54) is 148 Å². The van der Waals surface area contributed by atoms with Gasteiger partial charge >= 0.3 is 15.4 Å². The third-order valence-corrected chi connectivity index (χ3v) is 11.6. The van der Waals surface area contributed by atoms with E-state index >= 15 is 0 Å². The maximum atomic E-state index is 12.3. The van der Waals surface area contributed by atoms with Gasteiger partial charge in [0.05, 0.1) is 19.8 Å². The summed E-state index contributed by atoms with van der Waals surface area (Å²) in [5.41, 5.74) is 0. The van der Waals surface area contributed by atoms with E-state index < -0.39 is 15.4 Å². The van der Waals surface area contributed by atoms with Crippen molar-refractivity contribution in [2.75, 3.05) is 26.0 Å². The molecule has 0 aliphatic carbocycles. The maximum absolute atomic E-state index is 12.3. The highest BCUT2D eigenvalue weighted by molar-refractivity contribution is 7.52. The largest absolute Gasteiger partial charge is 0.472 e. The van der Waals surface area contributed by atoms with E-state index in [2.05, 4.69) is 13.8 Å². The standard InChI is InChI=1S/C38H80O7P2/c1-3-5-7-9-11-13-15-17-19-21-23-25-27-31-35-43-46(39,40)38-34-30-29-33-37-45-47(41,42)44-36-32-28-26-24-22-20-18-16-14-12-10-8-6-4-2/h3-38H2,1-2H3,(H,39,40)(H,41,42). The monoisotopic (exact) mass is 711 g/mol. The van der Waals surface area contributed by atoms with E-state index in [4.69, 9.17) is 13.6 Å². The van der Waals surface area contributed by atoms with Gasteiger partial charge in [-0.05, 0) is 25.7 Å². The Kier molecular flexibility index (Phi) is 36.3. The molecule has 0 radical (unpaired) electrons. The van der Waals surface area contributed by atoms with Gasteiger partial charge in [-0.25, -0.2) is 4.57 Å². The molecule has 0 aliphatic heterocycles. The maximum Gasteiger partial charge on any atom is 0.472 e. The fourth-order valence-electron chi connectivity index (χ4n) is 6.03. The molecule has 0 aliphatic rings. The van der Waals surface area contributed by atoms with Gasteiger partial charge in [0.15, 0.2) is 0 Å². The van der Waals surface area contributed by atoms with Crippen molar-refractivity contribution in [1.82, 2.24) is 0 Å². The van der Waals surface area contributed by atoms with Crippen LogP contribution in [-0.2, 0) is 22.7 Å². The summed E-state index contributed by atoms with van der Waals surface area (Å²) in [6, 6.07) is 0. The number of hydrogen-bond donors (Lipinski definition) is 2. The lowest BCUT2D eigenvalue weighted by Gasteiger charge is -2.13. The average molecular weight is 711 g/mol. The highest BCUT2D eigenvalue weighted by Crippen LogP contribution is 2.44. The summed E-state index contributed by atoms with van der Waals surface area (Å²) in [4.78, 5) is 20.0. The zero-order valence-corrected chi connectivity index (χ0v) is 33.1. The minimum atomic E-state index is -4.00. The molecule has 0 heterocycles. The quantitative estimate of drug-likeness (QED) is 0.0482. The van der Waals surface area contributed by atoms with E-state index in [-0.39, 0.29) is 19.4 Å². The van der Waals surface area contributed by atoms with Gasteiger partial charge in [-0.2, -0.15) is 0 Å². The molecule has 0 aromatic heterocycles. The molecule has 0 aromatic rings. The van der Waals surface area contributed by atoms with Crippen LogP contribution in [-0.4, -0.2) is 35.8 Å². The molecule has 0 saturated carbocycles. The minimum Gasteiger partial charge on any atom is -0.324 e. The summed E-state index contributed by atoms with van der Waals surface area (Å²) < 4.78 is 39.9. The number of hydrogen-bond acceptors (Lipinski definition) is 5. The van der Waals surface area contributed by atoms with Crippen LogP contribution < -0.4 is 0 Å². The van der Waals surface area contributed by atoms with Gasteiger partial charge in [0.1, 0.15) is 0 Å². The van der Waals surface area contributed by atoms with Gasteiger partial charge in [-0.15, -0.1) is 0 Å². The third kappa shape index (κ3) is 38.9. The lowest BCUT2D eigenvalue weighted by molar-refractivity contribution is 0.145. The van der Waals surface area contributed by atoms with Crippen molar-refractivity contribution in [3.63, 3.8) is 0 Å². The van der Waals surface area contributed by atoms with Gasteiger partial charge in [-0.1, -0.05) is 194 Å². The first-order valence-corrected chi connectivity index (χ1v) is 23.7. The Morgan fingerprint density at radius 2 is 0.574 bits per heavy atom. The molecule has 7 nitrogen and oxygen atoms in total. The van der Waals surface area contributed by atoms with Crippen LogP contribution in [0, 0.1) is 0 Å². The fraction of sp³-hybridized carbons (Fsp3) is 1.00. The highest BCUT2D eigenvalue weighted by Gasteiger charge is 2.20. The van der Waals surface area contributed by atoms with Crippen LogP contribution in [0.3, 0.4) is 0 Å². The highest BCUT2D eigenvalue weighted by atomic mass is 31.2. The second-order valence-electron chi connectivity index (χ2n) is 13.9. The van der Waals surface area contributed by atoms with Crippen LogP contribution in [0.4, 0.5) is 0 Å². The molecule has 0 aromatic carbocycles. The Hall–Kier alpha value is 0.260. The second kappa shape index (κ2) is 36.1. The molecule has 2 unspecified atom stereocenters. The molecule has 0 spiro atoms. The summed E-state index contributed by atoms with van der Waals surface area (Å²) in [5, 5.41) is 0. The van der Waals surface area contributed by atoms with E-state index in [1.54, 1.807) is 0 Å². The van der Waals surface area contributed by atoms with Gasteiger partial charge in [0, 0.05) is 6.16 Å². The molecule has 0 bridgehead atoms. The van der Waals surface area contributed by atoms with E-state index in [9.17, 15) is 18.9 Å². The average Bonchev–Trinajstić information content (AvgIpc) is 3.04. The zero-order valence-electron chi connectivity index (χ0n) is 31.3. The number of rotatable bonds is 40. The smallest absolute Gasteiger partial charge is 0.324 e. The molecule has 284 valence electrons. The Balaban J connectivity index is 3.46. The molecule has 47 heavy (non-hydrogen) atoms. The number of phosphoric ester groups is 1. The van der Waals surface area contributed by atoms with Crippen molar-refractivity contribution < 1.29 is 32.5 Å². The van der Waals surface area contributed by atoms with Crippen LogP contribution >= 0.6 is 15.4 Å². The third-order valence-electron chi connectivity index (χ3n) is 9.13. The number of phosphoric acid groups is 1. The fourth-order valence-corrected chi connectivity index (χ4v) is 7.99. The first-order chi connectivity index (χ1) is 22.8. The van der Waals surface area contributed by atoms with Crippen molar-refractivity contribution in [3.05, 3.63) is 0 Å². The van der Waals surface area contributed by atoms with Crippen LogP contribution in [0.15, 0.2) is 0 Å². The normalized spacial score (nSPS) is 14.4. The first kappa shape index (κ1) is 47.3. The summed E-state index contributed by atoms with van der Waals surface area (Å²) in [6.45, 7) is 5.28. The van der Waals surface area contributed by atoms with Crippen LogP contribution in [0.25, 0.3) is 0 Å². The van der Waals surface area contributed by atoms with Crippen molar-refractivity contribution in [1.29, 1.82) is 0 Å². The Bertz CT molecular complexity index is 664. The lowest BCUT2D eigenvalue weighted by atomic mass is 10.0. The van der Waals surface area contributed by atoms with E-state index in [0.717, 1.165) is 44.9 Å². The predicted octanol–water partition coefficient (Wildman–Crippen LogP) is 13.8. The molecule has 0 fully saturated rings. The van der Waals surface area contributed by atoms with Crippen molar-refractivity contribution in [3.8, 4) is 0 Å². The molecular formula is C38H80O7P2. The van der Waals surface area contributed by atoms with Crippen molar-refractivity contribution >= 4 is 15.4 Å². The van der Waals surface area contributed by atoms with E-state index in [0.29, 0.717) is 19.4 Å². The van der Waals surface area contributed by atoms with Crippen LogP contribution in [0.1, 0.15) is 219 Å². The van der Waals surface area contributed by atoms with Gasteiger partial charge in [0.2, 0.25) is 0 Å². The summed E-state index contributed by atoms with van der Waals surface area (Å²) >= 11 is 0. The van der Waals surface area contributed by atoms with Gasteiger partial charge < -0.3 is 14.3 Å². The summed E-state index contributed by atoms with van der Waals surface area (Å²) in [5.74, 6) is 0. The van der Waals surface area contributed by atoms with Gasteiger partial charge in [0.25, 0.3) is 0 Å². The molecule has 0 amide bonds. The van der Waals surface area contributed by atoms with Gasteiger partial charge in [-0.3, -0.25) is 13.6 Å². The van der Waals surface area contributed by atoms with Crippen molar-refractivity contribution in [2.24, 2.45) is 0 Å². The van der Waals surface area contributed by atoms with E-state index in [1.807, 2.05) is 0 Å². The number of unbranched alkanes of at least 4 members (excludes halogenated alkanes) is 29. The predicted molar refractivity (Wildman–Crippen MR) is 201 cm³/mol. The Morgan fingerprint density at radius 1 is 0.340 bits per heavy atom. The Morgan fingerprint density at radius 3 is 0.872 bits per heavy atom. The molecule has 2 N–H and O–H groups in total. The molecular weight excluding hydrogens is 630 g/mol. The van der Waals surface area contributed by atoms with Crippen molar-refractivity contribution in [2.45, 2.75) is 219 Å². The van der Waals surface area contributed by atoms with Crippen LogP contribution in [0.2, 0.25) is 0 Å². The molecule has 2 atom stereocenters. The SMILES string of the molecule is CCCCCCCCCCCCCCCCOP(=O)(O)CCCCCCOP(=O)(O)OCCCCCCCCCCCCCCCC. The molecule has 0 rings (SSSR count).